The molecule has 0 aromatic heterocycles. The summed E-state index contributed by atoms with van der Waals surface area (Å²) in [5, 5.41) is 5.87. The van der Waals surface area contributed by atoms with E-state index in [0.717, 1.165) is 5.56 Å². The lowest BCUT2D eigenvalue weighted by atomic mass is 10.2. The molecule has 2 N–H and O–H groups in total. The van der Waals surface area contributed by atoms with Crippen molar-refractivity contribution in [1.82, 2.24) is 5.32 Å². The smallest absolute Gasteiger partial charge is 0.258 e. The van der Waals surface area contributed by atoms with Gasteiger partial charge in [0, 0.05) is 5.02 Å². The summed E-state index contributed by atoms with van der Waals surface area (Å²) in [6.45, 7) is 1.52. The van der Waals surface area contributed by atoms with E-state index >= 15 is 0 Å². The van der Waals surface area contributed by atoms with E-state index in [0.29, 0.717) is 21.5 Å². The molecule has 0 aliphatic heterocycles. The molecule has 0 spiro atoms. The number of halogens is 2. The van der Waals surface area contributed by atoms with Crippen LogP contribution in [0, 0.1) is 6.92 Å². The van der Waals surface area contributed by atoms with Crippen LogP contribution in [0.2, 0.25) is 10.0 Å². The highest BCUT2D eigenvalue weighted by Gasteiger charge is 2.09. The van der Waals surface area contributed by atoms with Gasteiger partial charge in [0.2, 0.25) is 5.91 Å². The molecule has 0 bridgehead atoms. The number of hydrogen-bond acceptors (Lipinski definition) is 3. The third kappa shape index (κ3) is 5.44. The average molecular weight is 367 g/mol. The topological polar surface area (TPSA) is 67.4 Å². The Balaban J connectivity index is 1.78. The Morgan fingerprint density at radius 2 is 1.83 bits per heavy atom. The Kier molecular flexibility index (Phi) is 6.46. The largest absolute Gasteiger partial charge is 0.484 e. The van der Waals surface area contributed by atoms with Gasteiger partial charge in [-0.15, -0.1) is 0 Å². The van der Waals surface area contributed by atoms with Gasteiger partial charge in [0.15, 0.2) is 6.61 Å². The summed E-state index contributed by atoms with van der Waals surface area (Å²) in [6.07, 6.45) is 0. The summed E-state index contributed by atoms with van der Waals surface area (Å²) in [4.78, 5) is 23.6. The second kappa shape index (κ2) is 8.57. The number of benzene rings is 2. The van der Waals surface area contributed by atoms with Crippen LogP contribution in [-0.2, 0) is 9.59 Å². The second-order valence-corrected chi connectivity index (χ2v) is 5.85. The first kappa shape index (κ1) is 18.1. The molecule has 0 unspecified atom stereocenters. The molecule has 126 valence electrons. The minimum Gasteiger partial charge on any atom is -0.484 e. The fourth-order valence-electron chi connectivity index (χ4n) is 1.88. The van der Waals surface area contributed by atoms with E-state index in [-0.39, 0.29) is 13.2 Å². The van der Waals surface area contributed by atoms with Gasteiger partial charge in [0.25, 0.3) is 5.91 Å². The number of hydrogen-bond donors (Lipinski definition) is 2. The molecule has 0 atom stereocenters. The maximum Gasteiger partial charge on any atom is 0.258 e. The SMILES string of the molecule is Cc1ccccc1OCC(=O)NCC(=O)Nc1cc(Cl)ccc1Cl. The van der Waals surface area contributed by atoms with Gasteiger partial charge in [0.05, 0.1) is 17.3 Å². The molecule has 0 aliphatic rings. The molecule has 5 nitrogen and oxygen atoms in total. The van der Waals surface area contributed by atoms with Crippen molar-refractivity contribution in [3.05, 3.63) is 58.1 Å². The van der Waals surface area contributed by atoms with Crippen molar-refractivity contribution in [2.45, 2.75) is 6.92 Å². The zero-order valence-corrected chi connectivity index (χ0v) is 14.4. The number of aryl methyl sites for hydroxylation is 1. The molecule has 7 heteroatoms. The molecule has 2 aromatic rings. The highest BCUT2D eigenvalue weighted by molar-refractivity contribution is 6.35. The zero-order chi connectivity index (χ0) is 17.5. The standard InChI is InChI=1S/C17H16Cl2N2O3/c1-11-4-2-3-5-15(11)24-10-17(23)20-9-16(22)21-14-8-12(18)6-7-13(14)19/h2-8H,9-10H2,1H3,(H,20,23)(H,21,22). The van der Waals surface area contributed by atoms with Crippen molar-refractivity contribution in [3.63, 3.8) is 0 Å². The van der Waals surface area contributed by atoms with Crippen molar-refractivity contribution < 1.29 is 14.3 Å². The number of carbonyl (C=O) groups is 2. The lowest BCUT2D eigenvalue weighted by Gasteiger charge is -2.10. The zero-order valence-electron chi connectivity index (χ0n) is 12.9. The van der Waals surface area contributed by atoms with Crippen molar-refractivity contribution in [2.24, 2.45) is 0 Å². The first-order valence-corrected chi connectivity index (χ1v) is 7.91. The molecule has 0 saturated carbocycles. The van der Waals surface area contributed by atoms with Crippen LogP contribution in [-0.4, -0.2) is 25.0 Å². The van der Waals surface area contributed by atoms with Gasteiger partial charge in [-0.05, 0) is 36.8 Å². The fourth-order valence-corrected chi connectivity index (χ4v) is 2.22. The summed E-state index contributed by atoms with van der Waals surface area (Å²) in [6, 6.07) is 12.1. The van der Waals surface area contributed by atoms with E-state index in [2.05, 4.69) is 10.6 Å². The second-order valence-electron chi connectivity index (χ2n) is 5.00. The molecule has 0 saturated heterocycles. The van der Waals surface area contributed by atoms with Gasteiger partial charge in [-0.1, -0.05) is 41.4 Å². The van der Waals surface area contributed by atoms with Crippen molar-refractivity contribution in [3.8, 4) is 5.75 Å². The molecule has 0 radical (unpaired) electrons. The van der Waals surface area contributed by atoms with Gasteiger partial charge in [-0.25, -0.2) is 0 Å². The number of carbonyl (C=O) groups excluding carboxylic acids is 2. The monoisotopic (exact) mass is 366 g/mol. The van der Waals surface area contributed by atoms with Crippen molar-refractivity contribution >= 4 is 40.7 Å². The van der Waals surface area contributed by atoms with Crippen LogP contribution >= 0.6 is 23.2 Å². The summed E-state index contributed by atoms with van der Waals surface area (Å²) < 4.78 is 5.40. The molecular weight excluding hydrogens is 351 g/mol. The number of anilines is 1. The van der Waals surface area contributed by atoms with E-state index in [9.17, 15) is 9.59 Å². The first-order valence-electron chi connectivity index (χ1n) is 7.16. The third-order valence-electron chi connectivity index (χ3n) is 3.10. The summed E-state index contributed by atoms with van der Waals surface area (Å²) in [5.74, 6) is -0.184. The number of rotatable bonds is 6. The Morgan fingerprint density at radius 3 is 2.58 bits per heavy atom. The molecule has 0 fully saturated rings. The normalized spacial score (nSPS) is 10.1. The molecule has 0 aliphatic carbocycles. The Labute approximate surface area is 149 Å². The van der Waals surface area contributed by atoms with E-state index in [1.54, 1.807) is 18.2 Å². The van der Waals surface area contributed by atoms with Crippen molar-refractivity contribution in [2.75, 3.05) is 18.5 Å². The number of ether oxygens (including phenoxy) is 1. The maximum atomic E-state index is 11.8. The molecule has 0 heterocycles. The lowest BCUT2D eigenvalue weighted by Crippen LogP contribution is -2.35. The highest BCUT2D eigenvalue weighted by Crippen LogP contribution is 2.25. The minimum atomic E-state index is -0.414. The van der Waals surface area contributed by atoms with Crippen LogP contribution in [0.5, 0.6) is 5.75 Å². The Bertz CT molecular complexity index is 750. The van der Waals surface area contributed by atoms with Crippen LogP contribution in [0.15, 0.2) is 42.5 Å². The summed E-state index contributed by atoms with van der Waals surface area (Å²) in [7, 11) is 0. The molecule has 2 rings (SSSR count). The van der Waals surface area contributed by atoms with Gasteiger partial charge in [-0.2, -0.15) is 0 Å². The molecule has 24 heavy (non-hydrogen) atoms. The first-order chi connectivity index (χ1) is 11.5. The molecule has 2 aromatic carbocycles. The van der Waals surface area contributed by atoms with Gasteiger partial charge < -0.3 is 15.4 Å². The minimum absolute atomic E-state index is 0.171. The summed E-state index contributed by atoms with van der Waals surface area (Å²) >= 11 is 11.8. The van der Waals surface area contributed by atoms with E-state index in [4.69, 9.17) is 27.9 Å². The molecule has 2 amide bonds. The quantitative estimate of drug-likeness (QED) is 0.822. The van der Waals surface area contributed by atoms with Gasteiger partial charge in [0.1, 0.15) is 5.75 Å². The van der Waals surface area contributed by atoms with Gasteiger partial charge in [-0.3, -0.25) is 9.59 Å². The predicted octanol–water partition coefficient (Wildman–Crippen LogP) is 3.44. The van der Waals surface area contributed by atoms with Crippen LogP contribution < -0.4 is 15.4 Å². The Hall–Kier alpha value is -2.24. The van der Waals surface area contributed by atoms with E-state index in [1.165, 1.54) is 6.07 Å². The van der Waals surface area contributed by atoms with E-state index in [1.807, 2.05) is 25.1 Å². The van der Waals surface area contributed by atoms with Crippen LogP contribution in [0.25, 0.3) is 0 Å². The molecular formula is C17H16Cl2N2O3. The average Bonchev–Trinajstić information content (AvgIpc) is 2.55. The fraction of sp³-hybridized carbons (Fsp3) is 0.176. The van der Waals surface area contributed by atoms with Crippen LogP contribution in [0.4, 0.5) is 5.69 Å². The highest BCUT2D eigenvalue weighted by atomic mass is 35.5. The van der Waals surface area contributed by atoms with E-state index < -0.39 is 11.8 Å². The maximum absolute atomic E-state index is 11.8. The Morgan fingerprint density at radius 1 is 1.08 bits per heavy atom. The predicted molar refractivity (Wildman–Crippen MR) is 94.8 cm³/mol. The lowest BCUT2D eigenvalue weighted by molar-refractivity contribution is -0.125. The van der Waals surface area contributed by atoms with Crippen molar-refractivity contribution in [1.29, 1.82) is 0 Å². The number of nitrogens with one attached hydrogen (secondary N) is 2. The summed E-state index contributed by atoms with van der Waals surface area (Å²) in [5.41, 5.74) is 1.32. The third-order valence-corrected chi connectivity index (χ3v) is 3.67. The van der Waals surface area contributed by atoms with Crippen LogP contribution in [0.3, 0.4) is 0 Å². The van der Waals surface area contributed by atoms with Gasteiger partial charge >= 0.3 is 0 Å². The number of para-hydroxylation sites is 1. The number of amides is 2. The van der Waals surface area contributed by atoms with Crippen LogP contribution in [0.1, 0.15) is 5.56 Å².